The number of rotatable bonds is 3. The Kier molecular flexibility index (Phi) is 7.41. The van der Waals surface area contributed by atoms with Crippen molar-refractivity contribution in [2.75, 3.05) is 19.7 Å². The molecule has 4 rings (SSSR count). The summed E-state index contributed by atoms with van der Waals surface area (Å²) in [6.45, 7) is 5.46. The largest absolute Gasteiger partial charge is 0.444 e. The second kappa shape index (κ2) is 10.4. The number of benzene rings is 1. The van der Waals surface area contributed by atoms with Crippen LogP contribution < -0.4 is 11.0 Å². The van der Waals surface area contributed by atoms with Gasteiger partial charge in [0.05, 0.1) is 29.2 Å². The molecule has 2 aliphatic rings. The molecular weight excluding hydrogens is 483 g/mol. The summed E-state index contributed by atoms with van der Waals surface area (Å²) in [5.41, 5.74) is 0.614. The fourth-order valence-electron chi connectivity index (χ4n) is 4.61. The third-order valence-corrected chi connectivity index (χ3v) is 6.35. The van der Waals surface area contributed by atoms with E-state index >= 15 is 0 Å². The maximum atomic E-state index is 14.7. The average Bonchev–Trinajstić information content (AvgIpc) is 3.07. The molecular formula is C26H31FN4O6. The molecule has 37 heavy (non-hydrogen) atoms. The number of imidazole rings is 1. The zero-order chi connectivity index (χ0) is 26.9. The lowest BCUT2D eigenvalue weighted by molar-refractivity contribution is -0.135. The third kappa shape index (κ3) is 5.69. The van der Waals surface area contributed by atoms with Crippen LogP contribution in [0.25, 0.3) is 11.0 Å². The lowest BCUT2D eigenvalue weighted by atomic mass is 10.1. The molecule has 0 saturated carbocycles. The first-order chi connectivity index (χ1) is 17.5. The fraction of sp³-hybridized carbons (Fsp3) is 0.538. The summed E-state index contributed by atoms with van der Waals surface area (Å²) in [5.74, 6) is 5.01. The zero-order valence-electron chi connectivity index (χ0n) is 21.4. The standard InChI is InChI=1S/C26H31FN4O6/c1-26(2,3)37-25(35)30-13-12-20(17(27)15-30)36-14-6-8-16-7-5-9-18-22(16)29(4)24(34)31(18)19-10-11-21(32)28-23(19)33/h5,7,9,17,19-20H,10-15H2,1-4H3,(H,28,32,33)/t17-,19?,20-/m1/s1. The maximum absolute atomic E-state index is 14.7. The Morgan fingerprint density at radius 1 is 1.22 bits per heavy atom. The first kappa shape index (κ1) is 26.4. The SMILES string of the molecule is Cn1c(=O)n(C2CCC(=O)NC2=O)c2cccc(C#CCO[C@@H]3CCN(C(=O)OC(C)(C)C)C[C@H]3F)c21. The molecule has 2 aromatic rings. The maximum Gasteiger partial charge on any atom is 0.410 e. The van der Waals surface area contributed by atoms with Crippen molar-refractivity contribution in [3.05, 3.63) is 34.2 Å². The van der Waals surface area contributed by atoms with Gasteiger partial charge in [-0.2, -0.15) is 0 Å². The monoisotopic (exact) mass is 514 g/mol. The number of aryl methyl sites for hydroxylation is 1. The number of para-hydroxylation sites is 1. The molecule has 2 saturated heterocycles. The molecule has 0 aliphatic carbocycles. The van der Waals surface area contributed by atoms with Crippen molar-refractivity contribution in [3.63, 3.8) is 0 Å². The highest BCUT2D eigenvalue weighted by Crippen LogP contribution is 2.25. The van der Waals surface area contributed by atoms with Gasteiger partial charge in [0.1, 0.15) is 24.4 Å². The molecule has 1 unspecified atom stereocenters. The number of alkyl halides is 1. The van der Waals surface area contributed by atoms with E-state index in [2.05, 4.69) is 17.2 Å². The minimum atomic E-state index is -1.37. The van der Waals surface area contributed by atoms with E-state index in [1.54, 1.807) is 46.0 Å². The Morgan fingerprint density at radius 3 is 2.65 bits per heavy atom. The van der Waals surface area contributed by atoms with Gasteiger partial charge in [-0.05, 0) is 45.7 Å². The molecule has 2 aliphatic heterocycles. The molecule has 3 atom stereocenters. The second-order valence-electron chi connectivity index (χ2n) is 10.2. The van der Waals surface area contributed by atoms with Crippen LogP contribution in [0.2, 0.25) is 0 Å². The van der Waals surface area contributed by atoms with Gasteiger partial charge >= 0.3 is 11.8 Å². The van der Waals surface area contributed by atoms with E-state index in [1.807, 2.05) is 0 Å². The van der Waals surface area contributed by atoms with Crippen LogP contribution >= 0.6 is 0 Å². The molecule has 1 aromatic heterocycles. The van der Waals surface area contributed by atoms with Crippen molar-refractivity contribution in [2.24, 2.45) is 7.05 Å². The Labute approximate surface area is 213 Å². The first-order valence-electron chi connectivity index (χ1n) is 12.2. The number of aromatic nitrogens is 2. The lowest BCUT2D eigenvalue weighted by Gasteiger charge is -2.35. The van der Waals surface area contributed by atoms with Crippen LogP contribution in [0.1, 0.15) is 51.6 Å². The van der Waals surface area contributed by atoms with Gasteiger partial charge < -0.3 is 14.4 Å². The van der Waals surface area contributed by atoms with Gasteiger partial charge in [0.25, 0.3) is 0 Å². The second-order valence-corrected chi connectivity index (χ2v) is 10.2. The summed E-state index contributed by atoms with van der Waals surface area (Å²) in [6, 6.07) is 4.43. The van der Waals surface area contributed by atoms with Crippen LogP contribution in [-0.4, -0.2) is 69.5 Å². The number of amides is 3. The van der Waals surface area contributed by atoms with E-state index in [0.717, 1.165) is 0 Å². The minimum absolute atomic E-state index is 0.0320. The van der Waals surface area contributed by atoms with Gasteiger partial charge in [-0.25, -0.2) is 14.0 Å². The van der Waals surface area contributed by atoms with Gasteiger partial charge in [-0.15, -0.1) is 0 Å². The number of nitrogens with one attached hydrogen (secondary N) is 1. The molecule has 1 aromatic carbocycles. The number of likely N-dealkylation sites (tertiary alicyclic amines) is 1. The molecule has 10 nitrogen and oxygen atoms in total. The smallest absolute Gasteiger partial charge is 0.410 e. The summed E-state index contributed by atoms with van der Waals surface area (Å²) in [4.78, 5) is 50.5. The van der Waals surface area contributed by atoms with Gasteiger partial charge in [-0.1, -0.05) is 17.9 Å². The summed E-state index contributed by atoms with van der Waals surface area (Å²) >= 11 is 0. The molecule has 2 fully saturated rings. The van der Waals surface area contributed by atoms with Crippen molar-refractivity contribution >= 4 is 28.9 Å². The molecule has 0 bridgehead atoms. The van der Waals surface area contributed by atoms with E-state index in [4.69, 9.17) is 9.47 Å². The molecule has 0 spiro atoms. The van der Waals surface area contributed by atoms with E-state index in [-0.39, 0.29) is 37.6 Å². The molecule has 1 N–H and O–H groups in total. The van der Waals surface area contributed by atoms with Gasteiger partial charge in [0.15, 0.2) is 0 Å². The number of imide groups is 1. The van der Waals surface area contributed by atoms with Crippen molar-refractivity contribution < 1.29 is 28.2 Å². The number of halogens is 1. The summed E-state index contributed by atoms with van der Waals surface area (Å²) in [6.07, 6.45) is -1.89. The number of carbonyl (C=O) groups is 3. The van der Waals surface area contributed by atoms with E-state index in [0.29, 0.717) is 29.6 Å². The van der Waals surface area contributed by atoms with Gasteiger partial charge in [0, 0.05) is 20.0 Å². The van der Waals surface area contributed by atoms with Gasteiger partial charge in [-0.3, -0.25) is 24.0 Å². The Morgan fingerprint density at radius 2 is 1.97 bits per heavy atom. The highest BCUT2D eigenvalue weighted by molar-refractivity contribution is 6.00. The topological polar surface area (TPSA) is 112 Å². The van der Waals surface area contributed by atoms with Crippen LogP contribution in [0.5, 0.6) is 0 Å². The predicted molar refractivity (Wildman–Crippen MR) is 133 cm³/mol. The molecule has 11 heteroatoms. The quantitative estimate of drug-likeness (QED) is 0.496. The Bertz CT molecular complexity index is 1340. The van der Waals surface area contributed by atoms with E-state index in [1.165, 1.54) is 14.0 Å². The Hall–Kier alpha value is -3.65. The number of hydrogen-bond acceptors (Lipinski definition) is 6. The summed E-state index contributed by atoms with van der Waals surface area (Å²) < 4.78 is 28.4. The van der Waals surface area contributed by atoms with Crippen LogP contribution in [0, 0.1) is 11.8 Å². The molecule has 3 heterocycles. The van der Waals surface area contributed by atoms with Crippen molar-refractivity contribution in [3.8, 4) is 11.8 Å². The number of fused-ring (bicyclic) bond motifs is 1. The first-order valence-corrected chi connectivity index (χ1v) is 12.2. The van der Waals surface area contributed by atoms with Crippen molar-refractivity contribution in [1.29, 1.82) is 0 Å². The van der Waals surface area contributed by atoms with E-state index < -0.39 is 35.9 Å². The normalized spacial score (nSPS) is 22.4. The lowest BCUT2D eigenvalue weighted by Crippen LogP contribution is -2.49. The highest BCUT2D eigenvalue weighted by Gasteiger charge is 2.34. The molecule has 0 radical (unpaired) electrons. The van der Waals surface area contributed by atoms with Crippen LogP contribution in [-0.2, 0) is 26.1 Å². The van der Waals surface area contributed by atoms with Crippen LogP contribution in [0.3, 0.4) is 0 Å². The summed E-state index contributed by atoms with van der Waals surface area (Å²) in [5, 5.41) is 2.29. The third-order valence-electron chi connectivity index (χ3n) is 6.35. The number of piperidine rings is 2. The summed E-state index contributed by atoms with van der Waals surface area (Å²) in [7, 11) is 1.60. The van der Waals surface area contributed by atoms with Crippen LogP contribution in [0.15, 0.2) is 23.0 Å². The Balaban J connectivity index is 1.44. The average molecular weight is 515 g/mol. The van der Waals surface area contributed by atoms with Crippen LogP contribution in [0.4, 0.5) is 9.18 Å². The predicted octanol–water partition coefficient (Wildman–Crippen LogP) is 2.03. The number of hydrogen-bond donors (Lipinski definition) is 1. The van der Waals surface area contributed by atoms with E-state index in [9.17, 15) is 23.6 Å². The molecule has 198 valence electrons. The van der Waals surface area contributed by atoms with Crippen molar-refractivity contribution in [1.82, 2.24) is 19.4 Å². The fourth-order valence-corrected chi connectivity index (χ4v) is 4.61. The number of nitrogens with zero attached hydrogens (tertiary/aromatic N) is 3. The number of carbonyl (C=O) groups excluding carboxylic acids is 3. The highest BCUT2D eigenvalue weighted by atomic mass is 19.1. The van der Waals surface area contributed by atoms with Gasteiger partial charge in [0.2, 0.25) is 11.8 Å². The van der Waals surface area contributed by atoms with Crippen molar-refractivity contribution in [2.45, 2.75) is 64.0 Å². The zero-order valence-corrected chi connectivity index (χ0v) is 21.4. The number of ether oxygens (including phenoxy) is 2. The minimum Gasteiger partial charge on any atom is -0.444 e. The molecule has 3 amide bonds.